The lowest BCUT2D eigenvalue weighted by Gasteiger charge is -2.03. The van der Waals surface area contributed by atoms with Gasteiger partial charge in [-0.25, -0.2) is 0 Å². The summed E-state index contributed by atoms with van der Waals surface area (Å²) in [5, 5.41) is 0. The van der Waals surface area contributed by atoms with E-state index in [4.69, 9.17) is 34.3 Å². The maximum Gasteiger partial charge on any atom is 0.171 e. The predicted octanol–water partition coefficient (Wildman–Crippen LogP) is 4.62. The fourth-order valence-corrected chi connectivity index (χ4v) is 3.47. The van der Waals surface area contributed by atoms with Crippen molar-refractivity contribution in [3.63, 3.8) is 0 Å². The molecule has 66 valence electrons. The van der Waals surface area contributed by atoms with Crippen LogP contribution in [0.3, 0.4) is 0 Å². The zero-order chi connectivity index (χ0) is 9.03. The number of rotatable bonds is 3. The molecule has 0 unspecified atom stereocenters. The molecule has 0 aliphatic rings. The van der Waals surface area contributed by atoms with Crippen molar-refractivity contribution in [1.82, 2.24) is 0 Å². The van der Waals surface area contributed by atoms with Crippen molar-refractivity contribution >= 4 is 49.6 Å². The normalized spacial score (nSPS) is 11.5. The molecular formula is C7H7Cl2PS2. The third-order valence-electron chi connectivity index (χ3n) is 1.22. The first kappa shape index (κ1) is 10.9. The second-order valence-electron chi connectivity index (χ2n) is 2.17. The van der Waals surface area contributed by atoms with Gasteiger partial charge in [0.1, 0.15) is 0 Å². The van der Waals surface area contributed by atoms with Gasteiger partial charge in [-0.3, -0.25) is 0 Å². The first-order chi connectivity index (χ1) is 5.58. The Bertz CT molecular complexity index is 283. The Labute approximate surface area is 91.0 Å². The number of hydrogen-bond acceptors (Lipinski definition) is 2. The molecule has 0 fully saturated rings. The lowest BCUT2D eigenvalue weighted by molar-refractivity contribution is 1.43. The molecule has 0 bridgehead atoms. The Morgan fingerprint density at radius 1 is 1.25 bits per heavy atom. The summed E-state index contributed by atoms with van der Waals surface area (Å²) in [4.78, 5) is 0. The molecule has 5 heteroatoms. The molecular weight excluding hydrogens is 250 g/mol. The largest absolute Gasteiger partial charge is 0.171 e. The van der Waals surface area contributed by atoms with Gasteiger partial charge in [0.05, 0.1) is 0 Å². The van der Waals surface area contributed by atoms with Crippen LogP contribution < -0.4 is 0 Å². The highest BCUT2D eigenvalue weighted by atomic mass is 35.9. The number of benzene rings is 1. The van der Waals surface area contributed by atoms with Crippen LogP contribution in [0.4, 0.5) is 0 Å². The molecule has 0 aliphatic heterocycles. The van der Waals surface area contributed by atoms with Gasteiger partial charge in [-0.1, -0.05) is 76.0 Å². The summed E-state index contributed by atoms with van der Waals surface area (Å²) in [5.41, 5.74) is 1.21. The highest BCUT2D eigenvalue weighted by Crippen LogP contribution is 2.69. The second-order valence-corrected chi connectivity index (χ2v) is 14.3. The summed E-state index contributed by atoms with van der Waals surface area (Å²) >= 11 is 17.8. The maximum absolute atomic E-state index is 5.74. The van der Waals surface area contributed by atoms with E-state index in [0.29, 0.717) is 0 Å². The van der Waals surface area contributed by atoms with Crippen LogP contribution in [0.1, 0.15) is 5.56 Å². The average molecular weight is 257 g/mol. The van der Waals surface area contributed by atoms with E-state index in [1.54, 1.807) is 0 Å². The lowest BCUT2D eigenvalue weighted by Crippen LogP contribution is -1.75. The van der Waals surface area contributed by atoms with Crippen LogP contribution in [0, 0.1) is 0 Å². The Hall–Kier alpha value is 0.800. The third kappa shape index (κ3) is 4.74. The molecule has 0 aliphatic carbocycles. The van der Waals surface area contributed by atoms with E-state index in [2.05, 4.69) is 0 Å². The van der Waals surface area contributed by atoms with Gasteiger partial charge in [-0.2, -0.15) is 0 Å². The summed E-state index contributed by atoms with van der Waals surface area (Å²) in [6.07, 6.45) is 0. The molecule has 1 rings (SSSR count). The van der Waals surface area contributed by atoms with Crippen molar-refractivity contribution in [1.29, 1.82) is 0 Å². The van der Waals surface area contributed by atoms with Crippen molar-refractivity contribution in [3.8, 4) is 0 Å². The minimum absolute atomic E-state index is 0.797. The highest BCUT2D eigenvalue weighted by molar-refractivity contribution is 8.85. The maximum atomic E-state index is 5.74. The Morgan fingerprint density at radius 3 is 2.33 bits per heavy atom. The molecule has 0 radical (unpaired) electrons. The SMILES string of the molecule is S=P(Cl)(Cl)SCc1ccccc1. The first-order valence-corrected chi connectivity index (χ1v) is 9.46. The summed E-state index contributed by atoms with van der Waals surface area (Å²) in [7, 11) is 0. The Balaban J connectivity index is 2.50. The molecule has 1 aromatic carbocycles. The van der Waals surface area contributed by atoms with Crippen LogP contribution in [0.5, 0.6) is 0 Å². The first-order valence-electron chi connectivity index (χ1n) is 3.26. The molecule has 12 heavy (non-hydrogen) atoms. The smallest absolute Gasteiger partial charge is 0.0900 e. The van der Waals surface area contributed by atoms with Gasteiger partial charge in [0.2, 0.25) is 0 Å². The van der Waals surface area contributed by atoms with Gasteiger partial charge in [0.25, 0.3) is 0 Å². The van der Waals surface area contributed by atoms with Crippen molar-refractivity contribution in [2.75, 3.05) is 0 Å². The zero-order valence-electron chi connectivity index (χ0n) is 6.11. The molecule has 0 N–H and O–H groups in total. The summed E-state index contributed by atoms with van der Waals surface area (Å²) in [6.45, 7) is 0. The molecule has 0 saturated heterocycles. The van der Waals surface area contributed by atoms with Crippen LogP contribution >= 0.6 is 37.8 Å². The Kier molecular flexibility index (Phi) is 4.42. The van der Waals surface area contributed by atoms with Crippen LogP contribution in [0.25, 0.3) is 0 Å². The van der Waals surface area contributed by atoms with E-state index >= 15 is 0 Å². The Morgan fingerprint density at radius 2 is 1.83 bits per heavy atom. The van der Waals surface area contributed by atoms with Gasteiger partial charge >= 0.3 is 0 Å². The molecule has 0 aromatic heterocycles. The minimum atomic E-state index is -2.14. The van der Waals surface area contributed by atoms with Gasteiger partial charge in [-0.15, -0.1) is 0 Å². The van der Waals surface area contributed by atoms with Crippen LogP contribution in [0.15, 0.2) is 30.3 Å². The molecule has 0 nitrogen and oxygen atoms in total. The van der Waals surface area contributed by atoms with Crippen molar-refractivity contribution in [2.45, 2.75) is 5.75 Å². The standard InChI is InChI=1S/C7H7Cl2PS2/c8-10(9,11)12-6-7-4-2-1-3-5-7/h1-5H,6H2. The van der Waals surface area contributed by atoms with Gasteiger partial charge in [0.15, 0.2) is 3.95 Å². The van der Waals surface area contributed by atoms with Crippen molar-refractivity contribution < 1.29 is 0 Å². The fraction of sp³-hybridized carbons (Fsp3) is 0.143. The minimum Gasteiger partial charge on any atom is -0.0900 e. The quantitative estimate of drug-likeness (QED) is 0.724. The second kappa shape index (κ2) is 4.88. The van der Waals surface area contributed by atoms with Crippen molar-refractivity contribution in [3.05, 3.63) is 35.9 Å². The van der Waals surface area contributed by atoms with Gasteiger partial charge < -0.3 is 0 Å². The van der Waals surface area contributed by atoms with E-state index in [-0.39, 0.29) is 0 Å². The van der Waals surface area contributed by atoms with Crippen LogP contribution in [-0.4, -0.2) is 0 Å². The molecule has 0 saturated carbocycles. The molecule has 1 aromatic rings. The van der Waals surface area contributed by atoms with Crippen LogP contribution in [0.2, 0.25) is 0 Å². The average Bonchev–Trinajstić information content (AvgIpc) is 2.02. The summed E-state index contributed by atoms with van der Waals surface area (Å²) in [5.74, 6) is 0.797. The highest BCUT2D eigenvalue weighted by Gasteiger charge is 2.08. The lowest BCUT2D eigenvalue weighted by atomic mass is 10.2. The van der Waals surface area contributed by atoms with E-state index in [0.717, 1.165) is 5.75 Å². The van der Waals surface area contributed by atoms with Crippen molar-refractivity contribution in [2.24, 2.45) is 0 Å². The predicted molar refractivity (Wildman–Crippen MR) is 63.7 cm³/mol. The molecule has 0 amide bonds. The summed E-state index contributed by atoms with van der Waals surface area (Å²) in [6, 6.07) is 10.0. The molecule has 0 spiro atoms. The van der Waals surface area contributed by atoms with E-state index in [1.165, 1.54) is 16.9 Å². The summed E-state index contributed by atoms with van der Waals surface area (Å²) < 4.78 is -2.14. The molecule has 0 atom stereocenters. The van der Waals surface area contributed by atoms with E-state index < -0.39 is 3.95 Å². The van der Waals surface area contributed by atoms with Crippen LogP contribution in [-0.2, 0) is 17.6 Å². The fourth-order valence-electron chi connectivity index (χ4n) is 0.724. The number of halogens is 2. The van der Waals surface area contributed by atoms with Gasteiger partial charge in [-0.05, 0) is 5.56 Å². The monoisotopic (exact) mass is 256 g/mol. The number of hydrogen-bond donors (Lipinski definition) is 0. The zero-order valence-corrected chi connectivity index (χ0v) is 10.2. The molecule has 0 heterocycles. The third-order valence-corrected chi connectivity index (χ3v) is 5.98. The topological polar surface area (TPSA) is 0 Å². The van der Waals surface area contributed by atoms with E-state index in [1.807, 2.05) is 30.3 Å². The van der Waals surface area contributed by atoms with Gasteiger partial charge in [0, 0.05) is 5.75 Å². The van der Waals surface area contributed by atoms with E-state index in [9.17, 15) is 0 Å².